The molecule has 1 aliphatic heterocycles. The van der Waals surface area contributed by atoms with Gasteiger partial charge in [0.2, 0.25) is 0 Å². The van der Waals surface area contributed by atoms with Crippen molar-refractivity contribution in [2.45, 2.75) is 58.8 Å². The molecule has 222 valence electrons. The smallest absolute Gasteiger partial charge is 0.332 e. The summed E-state index contributed by atoms with van der Waals surface area (Å²) in [7, 11) is 0. The number of pyridine rings is 1. The molecule has 1 amide bonds. The van der Waals surface area contributed by atoms with E-state index < -0.39 is 60.5 Å². The van der Waals surface area contributed by atoms with Crippen LogP contribution in [0.4, 0.5) is 0 Å². The summed E-state index contributed by atoms with van der Waals surface area (Å²) in [5, 5.41) is 12.7. The van der Waals surface area contributed by atoms with Gasteiger partial charge in [-0.15, -0.1) is 0 Å². The largest absolute Gasteiger partial charge is 0.504 e. The van der Waals surface area contributed by atoms with Crippen LogP contribution in [0.5, 0.6) is 11.5 Å². The predicted molar refractivity (Wildman–Crippen MR) is 144 cm³/mol. The highest BCUT2D eigenvalue weighted by molar-refractivity contribution is 5.98. The van der Waals surface area contributed by atoms with Crippen molar-refractivity contribution in [1.82, 2.24) is 10.3 Å². The lowest BCUT2D eigenvalue weighted by Gasteiger charge is -2.29. The third-order valence-corrected chi connectivity index (χ3v) is 6.20. The van der Waals surface area contributed by atoms with Gasteiger partial charge in [0.15, 0.2) is 36.1 Å². The minimum absolute atomic E-state index is 0.155. The zero-order valence-corrected chi connectivity index (χ0v) is 23.5. The Morgan fingerprint density at radius 1 is 1.15 bits per heavy atom. The number of nitrogens with zero attached hydrogens (tertiary/aromatic N) is 1. The Morgan fingerprint density at radius 3 is 2.56 bits per heavy atom. The van der Waals surface area contributed by atoms with Crippen LogP contribution in [0.1, 0.15) is 50.2 Å². The van der Waals surface area contributed by atoms with E-state index in [0.717, 1.165) is 12.0 Å². The Balaban J connectivity index is 1.84. The number of benzene rings is 1. The van der Waals surface area contributed by atoms with Gasteiger partial charge in [-0.1, -0.05) is 51.1 Å². The van der Waals surface area contributed by atoms with Crippen molar-refractivity contribution in [3.63, 3.8) is 0 Å². The summed E-state index contributed by atoms with van der Waals surface area (Å²) in [6, 6.07) is 8.88. The van der Waals surface area contributed by atoms with E-state index in [-0.39, 0.29) is 30.4 Å². The van der Waals surface area contributed by atoms with Crippen LogP contribution in [-0.4, -0.2) is 72.2 Å². The van der Waals surface area contributed by atoms with Crippen molar-refractivity contribution in [3.8, 4) is 11.5 Å². The Kier molecular flexibility index (Phi) is 11.5. The van der Waals surface area contributed by atoms with Gasteiger partial charge in [0, 0.05) is 12.3 Å². The molecule has 41 heavy (non-hydrogen) atoms. The van der Waals surface area contributed by atoms with Gasteiger partial charge < -0.3 is 34.1 Å². The molecule has 0 spiro atoms. The second-order valence-electron chi connectivity index (χ2n) is 9.83. The van der Waals surface area contributed by atoms with Crippen molar-refractivity contribution < 1.29 is 48.0 Å². The molecule has 1 aromatic heterocycles. The van der Waals surface area contributed by atoms with E-state index in [1.807, 2.05) is 37.3 Å². The van der Waals surface area contributed by atoms with Crippen molar-refractivity contribution in [2.75, 3.05) is 20.0 Å². The quantitative estimate of drug-likeness (QED) is 0.176. The second kappa shape index (κ2) is 15.0. The molecule has 0 radical (unpaired) electrons. The van der Waals surface area contributed by atoms with Crippen LogP contribution in [0, 0.1) is 11.8 Å². The average Bonchev–Trinajstić information content (AvgIpc) is 2.98. The summed E-state index contributed by atoms with van der Waals surface area (Å²) in [6.07, 6.45) is -0.122. The number of hydrogen-bond acceptors (Lipinski definition) is 11. The lowest BCUT2D eigenvalue weighted by atomic mass is 9.91. The Labute approximate surface area is 238 Å². The van der Waals surface area contributed by atoms with Crippen LogP contribution in [0.2, 0.25) is 0 Å². The van der Waals surface area contributed by atoms with Crippen LogP contribution in [0.3, 0.4) is 0 Å². The molecule has 0 aliphatic carbocycles. The predicted octanol–water partition coefficient (Wildman–Crippen LogP) is 2.56. The summed E-state index contributed by atoms with van der Waals surface area (Å²) in [5.74, 6) is -5.20. The third-order valence-electron chi connectivity index (χ3n) is 6.20. The van der Waals surface area contributed by atoms with E-state index in [9.17, 15) is 24.3 Å². The van der Waals surface area contributed by atoms with E-state index >= 15 is 0 Å². The first-order valence-corrected chi connectivity index (χ1v) is 13.4. The lowest BCUT2D eigenvalue weighted by Crippen LogP contribution is -2.47. The molecule has 1 aliphatic rings. The molecule has 1 fully saturated rings. The fourth-order valence-electron chi connectivity index (χ4n) is 4.02. The molecule has 0 saturated carbocycles. The number of aromatic hydroxyl groups is 1. The molecule has 2 heterocycles. The molecule has 0 unspecified atom stereocenters. The maximum Gasteiger partial charge on any atom is 0.332 e. The fraction of sp³-hybridized carbons (Fsp3) is 0.483. The fourth-order valence-corrected chi connectivity index (χ4v) is 4.02. The normalized spacial score (nSPS) is 21.1. The molecule has 0 bridgehead atoms. The number of esters is 3. The summed E-state index contributed by atoms with van der Waals surface area (Å²) >= 11 is 0. The first kappa shape index (κ1) is 31.3. The molecule has 3 rings (SSSR count). The van der Waals surface area contributed by atoms with E-state index in [0.29, 0.717) is 6.61 Å². The molecule has 12 nitrogen and oxygen atoms in total. The third kappa shape index (κ3) is 8.65. The zero-order valence-electron chi connectivity index (χ0n) is 23.5. The number of ether oxygens (including phenoxy) is 5. The molecular weight excluding hydrogens is 536 g/mol. The van der Waals surface area contributed by atoms with Crippen molar-refractivity contribution >= 4 is 23.8 Å². The van der Waals surface area contributed by atoms with Gasteiger partial charge in [-0.25, -0.2) is 9.78 Å². The summed E-state index contributed by atoms with van der Waals surface area (Å²) in [4.78, 5) is 56.1. The van der Waals surface area contributed by atoms with Crippen molar-refractivity contribution in [2.24, 2.45) is 11.8 Å². The van der Waals surface area contributed by atoms with Crippen LogP contribution in [0.25, 0.3) is 0 Å². The Hall–Kier alpha value is -4.19. The number of nitrogens with one attached hydrogen (secondary N) is 1. The first-order valence-electron chi connectivity index (χ1n) is 13.4. The van der Waals surface area contributed by atoms with Gasteiger partial charge in [0.05, 0.1) is 12.5 Å². The average molecular weight is 573 g/mol. The Morgan fingerprint density at radius 2 is 1.88 bits per heavy atom. The van der Waals surface area contributed by atoms with Gasteiger partial charge in [0.25, 0.3) is 5.91 Å². The van der Waals surface area contributed by atoms with Gasteiger partial charge in [0.1, 0.15) is 18.6 Å². The number of carbonyl (C=O) groups is 4. The summed E-state index contributed by atoms with van der Waals surface area (Å²) in [6.45, 7) is 6.31. The topological polar surface area (TPSA) is 160 Å². The van der Waals surface area contributed by atoms with Crippen LogP contribution in [0.15, 0.2) is 42.6 Å². The van der Waals surface area contributed by atoms with Gasteiger partial charge in [-0.05, 0) is 25.3 Å². The van der Waals surface area contributed by atoms with Gasteiger partial charge in [-0.3, -0.25) is 14.4 Å². The molecule has 2 N–H and O–H groups in total. The summed E-state index contributed by atoms with van der Waals surface area (Å²) < 4.78 is 27.4. The standard InChI is InChI=1S/C29H36N2O10/c1-5-13-37-16-39-25-22(32)11-12-30-23(25)26(33)31-21-15-38-28(35)20(14-19-9-7-6-8-10-19)24(18(4)40-29(21)36)41-27(34)17(2)3/h6-12,17-18,20-21,24H,5,13-16H2,1-4H3,(H,30,32)(H,31,33)/t18-,20+,21-,24-/m0/s1. The number of amides is 1. The van der Waals surface area contributed by atoms with Gasteiger partial charge >= 0.3 is 17.9 Å². The van der Waals surface area contributed by atoms with Crippen LogP contribution < -0.4 is 10.1 Å². The van der Waals surface area contributed by atoms with E-state index in [1.54, 1.807) is 13.8 Å². The van der Waals surface area contributed by atoms with Crippen LogP contribution in [-0.2, 0) is 39.8 Å². The molecule has 1 saturated heterocycles. The van der Waals surface area contributed by atoms with E-state index in [2.05, 4.69) is 10.3 Å². The highest BCUT2D eigenvalue weighted by atomic mass is 16.7. The minimum Gasteiger partial charge on any atom is -0.504 e. The molecule has 2 aromatic rings. The molecular formula is C29H36N2O10. The zero-order chi connectivity index (χ0) is 29.9. The second-order valence-corrected chi connectivity index (χ2v) is 9.83. The highest BCUT2D eigenvalue weighted by Gasteiger charge is 2.42. The Bertz CT molecular complexity index is 1200. The van der Waals surface area contributed by atoms with Gasteiger partial charge in [-0.2, -0.15) is 0 Å². The van der Waals surface area contributed by atoms with Crippen LogP contribution >= 0.6 is 0 Å². The van der Waals surface area contributed by atoms with Crippen molar-refractivity contribution in [3.05, 3.63) is 53.9 Å². The number of rotatable bonds is 11. The lowest BCUT2D eigenvalue weighted by molar-refractivity contribution is -0.176. The number of cyclic esters (lactones) is 2. The first-order chi connectivity index (χ1) is 19.6. The van der Waals surface area contributed by atoms with Crippen molar-refractivity contribution in [1.29, 1.82) is 0 Å². The number of aromatic nitrogens is 1. The van der Waals surface area contributed by atoms with E-state index in [1.165, 1.54) is 19.2 Å². The maximum absolute atomic E-state index is 13.3. The number of carbonyl (C=O) groups excluding carboxylic acids is 4. The molecule has 1 aromatic carbocycles. The number of hydrogen-bond donors (Lipinski definition) is 2. The maximum atomic E-state index is 13.3. The van der Waals surface area contributed by atoms with E-state index in [4.69, 9.17) is 23.7 Å². The monoisotopic (exact) mass is 572 g/mol. The minimum atomic E-state index is -1.43. The summed E-state index contributed by atoms with van der Waals surface area (Å²) in [5.41, 5.74) is 0.468. The molecule has 4 atom stereocenters. The highest BCUT2D eigenvalue weighted by Crippen LogP contribution is 2.29. The SMILES string of the molecule is CCCOCOc1c(O)ccnc1C(=O)N[C@H]1COC(=O)[C@H](Cc2ccccc2)[C@@H](OC(=O)C(C)C)[C@H](C)OC1=O. The molecule has 12 heteroatoms.